The fraction of sp³-hybridized carbons (Fsp3) is 0.409. The second-order valence-corrected chi connectivity index (χ2v) is 7.42. The van der Waals surface area contributed by atoms with Gasteiger partial charge in [0.1, 0.15) is 17.9 Å². The summed E-state index contributed by atoms with van der Waals surface area (Å²) in [6.45, 7) is 8.47. The first-order chi connectivity index (χ1) is 14.2. The molecule has 0 saturated carbocycles. The van der Waals surface area contributed by atoms with Crippen LogP contribution in [0.15, 0.2) is 42.9 Å². The van der Waals surface area contributed by atoms with E-state index in [-0.39, 0.29) is 0 Å². The first kappa shape index (κ1) is 19.4. The van der Waals surface area contributed by atoms with Crippen molar-refractivity contribution in [2.75, 3.05) is 56.6 Å². The van der Waals surface area contributed by atoms with E-state index in [1.807, 2.05) is 6.07 Å². The highest BCUT2D eigenvalue weighted by atomic mass is 16.5. The highest BCUT2D eigenvalue weighted by molar-refractivity contribution is 5.87. The van der Waals surface area contributed by atoms with Crippen LogP contribution >= 0.6 is 0 Å². The van der Waals surface area contributed by atoms with Gasteiger partial charge in [-0.25, -0.2) is 15.0 Å². The molecule has 1 N–H and O–H groups in total. The summed E-state index contributed by atoms with van der Waals surface area (Å²) in [6.07, 6.45) is 4.29. The third-order valence-corrected chi connectivity index (χ3v) is 5.38. The highest BCUT2D eigenvalue weighted by Crippen LogP contribution is 2.22. The van der Waals surface area contributed by atoms with E-state index in [1.54, 1.807) is 19.6 Å². The standard InChI is InChI=1S/C22H28N6O/c1-17-5-3-6-18(13-17)28-11-9-27(10-12-28)8-4-7-23-21-20-14-19(29-2)15-24-22(20)26-16-25-21/h3,5-6,13-16H,4,7-12H2,1-2H3,(H,23,24,25,26). The summed E-state index contributed by atoms with van der Waals surface area (Å²) in [4.78, 5) is 17.9. The van der Waals surface area contributed by atoms with E-state index < -0.39 is 0 Å². The van der Waals surface area contributed by atoms with Gasteiger partial charge in [-0.2, -0.15) is 0 Å². The zero-order chi connectivity index (χ0) is 20.1. The van der Waals surface area contributed by atoms with Crippen LogP contribution in [0.3, 0.4) is 0 Å². The van der Waals surface area contributed by atoms with E-state index in [0.717, 1.165) is 56.9 Å². The van der Waals surface area contributed by atoms with Gasteiger partial charge in [0.25, 0.3) is 0 Å². The molecule has 152 valence electrons. The zero-order valence-electron chi connectivity index (χ0n) is 17.1. The summed E-state index contributed by atoms with van der Waals surface area (Å²) in [5.41, 5.74) is 3.34. The number of methoxy groups -OCH3 is 1. The molecule has 0 bridgehead atoms. The van der Waals surface area contributed by atoms with Gasteiger partial charge in [-0.05, 0) is 43.7 Å². The zero-order valence-corrected chi connectivity index (χ0v) is 17.1. The predicted octanol–water partition coefficient (Wildman–Crippen LogP) is 2.97. The molecule has 7 heteroatoms. The number of aryl methyl sites for hydroxylation is 1. The third kappa shape index (κ3) is 4.74. The van der Waals surface area contributed by atoms with Crippen molar-refractivity contribution in [3.63, 3.8) is 0 Å². The van der Waals surface area contributed by atoms with Gasteiger partial charge < -0.3 is 15.0 Å². The van der Waals surface area contributed by atoms with Gasteiger partial charge in [-0.1, -0.05) is 12.1 Å². The molecule has 7 nitrogen and oxygen atoms in total. The molecule has 1 saturated heterocycles. The van der Waals surface area contributed by atoms with E-state index in [1.165, 1.54) is 11.3 Å². The van der Waals surface area contributed by atoms with Crippen molar-refractivity contribution in [1.82, 2.24) is 19.9 Å². The Kier molecular flexibility index (Phi) is 6.05. The third-order valence-electron chi connectivity index (χ3n) is 5.38. The van der Waals surface area contributed by atoms with Gasteiger partial charge in [-0.3, -0.25) is 4.90 Å². The number of fused-ring (bicyclic) bond motifs is 1. The lowest BCUT2D eigenvalue weighted by Gasteiger charge is -2.36. The molecule has 1 aliphatic heterocycles. The Bertz CT molecular complexity index is 955. The topological polar surface area (TPSA) is 66.4 Å². The van der Waals surface area contributed by atoms with Gasteiger partial charge in [0.2, 0.25) is 0 Å². The lowest BCUT2D eigenvalue weighted by molar-refractivity contribution is 0.257. The number of rotatable bonds is 7. The Labute approximate surface area is 171 Å². The lowest BCUT2D eigenvalue weighted by Crippen LogP contribution is -2.46. The van der Waals surface area contributed by atoms with Crippen molar-refractivity contribution >= 4 is 22.5 Å². The number of hydrogen-bond acceptors (Lipinski definition) is 7. The second-order valence-electron chi connectivity index (χ2n) is 7.42. The minimum Gasteiger partial charge on any atom is -0.495 e. The van der Waals surface area contributed by atoms with Crippen LogP contribution in [0.5, 0.6) is 5.75 Å². The summed E-state index contributed by atoms with van der Waals surface area (Å²) >= 11 is 0. The molecule has 0 spiro atoms. The van der Waals surface area contributed by atoms with Gasteiger partial charge in [0.05, 0.1) is 18.7 Å². The first-order valence-corrected chi connectivity index (χ1v) is 10.2. The Morgan fingerprint density at radius 3 is 2.72 bits per heavy atom. The van der Waals surface area contributed by atoms with E-state index in [2.05, 4.69) is 61.3 Å². The molecule has 1 fully saturated rings. The molecule has 0 aliphatic carbocycles. The van der Waals surface area contributed by atoms with Crippen molar-refractivity contribution in [2.24, 2.45) is 0 Å². The molecular weight excluding hydrogens is 364 g/mol. The predicted molar refractivity (Wildman–Crippen MR) is 117 cm³/mol. The molecule has 2 aromatic heterocycles. The van der Waals surface area contributed by atoms with Crippen LogP contribution in [0.2, 0.25) is 0 Å². The molecule has 29 heavy (non-hydrogen) atoms. The number of aromatic nitrogens is 3. The maximum absolute atomic E-state index is 5.27. The monoisotopic (exact) mass is 392 g/mol. The Morgan fingerprint density at radius 2 is 1.93 bits per heavy atom. The Morgan fingerprint density at radius 1 is 1.07 bits per heavy atom. The number of pyridine rings is 1. The second kappa shape index (κ2) is 9.05. The number of hydrogen-bond donors (Lipinski definition) is 1. The average Bonchev–Trinajstić information content (AvgIpc) is 2.77. The van der Waals surface area contributed by atoms with Crippen LogP contribution in [-0.2, 0) is 0 Å². The molecule has 0 unspecified atom stereocenters. The maximum Gasteiger partial charge on any atom is 0.164 e. The summed E-state index contributed by atoms with van der Waals surface area (Å²) in [5, 5.41) is 4.32. The lowest BCUT2D eigenvalue weighted by atomic mass is 10.2. The summed E-state index contributed by atoms with van der Waals surface area (Å²) in [7, 11) is 1.64. The van der Waals surface area contributed by atoms with E-state index in [0.29, 0.717) is 11.4 Å². The molecule has 0 amide bonds. The quantitative estimate of drug-likeness (QED) is 0.620. The van der Waals surface area contributed by atoms with Crippen LogP contribution in [-0.4, -0.2) is 66.2 Å². The van der Waals surface area contributed by atoms with Gasteiger partial charge in [0.15, 0.2) is 5.65 Å². The average molecular weight is 393 g/mol. The number of piperazine rings is 1. The smallest absolute Gasteiger partial charge is 0.164 e. The summed E-state index contributed by atoms with van der Waals surface area (Å²) in [5.74, 6) is 1.52. The van der Waals surface area contributed by atoms with Gasteiger partial charge in [-0.15, -0.1) is 0 Å². The minimum atomic E-state index is 0.676. The molecule has 1 aliphatic rings. The molecule has 3 aromatic rings. The number of nitrogens with one attached hydrogen (secondary N) is 1. The van der Waals surface area contributed by atoms with Crippen LogP contribution in [0, 0.1) is 6.92 Å². The maximum atomic E-state index is 5.27. The van der Waals surface area contributed by atoms with E-state index >= 15 is 0 Å². The minimum absolute atomic E-state index is 0.676. The van der Waals surface area contributed by atoms with Crippen molar-refractivity contribution in [3.05, 3.63) is 48.4 Å². The summed E-state index contributed by atoms with van der Waals surface area (Å²) in [6, 6.07) is 10.7. The molecule has 0 atom stereocenters. The summed E-state index contributed by atoms with van der Waals surface area (Å²) < 4.78 is 5.27. The Balaban J connectivity index is 1.25. The SMILES string of the molecule is COc1cnc2ncnc(NCCCN3CCN(c4cccc(C)c4)CC3)c2c1. The molecule has 4 rings (SSSR count). The molecule has 0 radical (unpaired) electrons. The van der Waals surface area contributed by atoms with Crippen molar-refractivity contribution < 1.29 is 4.74 Å². The van der Waals surface area contributed by atoms with Crippen LogP contribution in [0.25, 0.3) is 11.0 Å². The fourth-order valence-corrected chi connectivity index (χ4v) is 3.74. The van der Waals surface area contributed by atoms with E-state index in [9.17, 15) is 0 Å². The van der Waals surface area contributed by atoms with Crippen molar-refractivity contribution in [3.8, 4) is 5.75 Å². The van der Waals surface area contributed by atoms with E-state index in [4.69, 9.17) is 4.74 Å². The molecule has 1 aromatic carbocycles. The van der Waals surface area contributed by atoms with Gasteiger partial charge in [0, 0.05) is 38.4 Å². The highest BCUT2D eigenvalue weighted by Gasteiger charge is 2.16. The van der Waals surface area contributed by atoms with Gasteiger partial charge >= 0.3 is 0 Å². The van der Waals surface area contributed by atoms with Crippen LogP contribution in [0.4, 0.5) is 11.5 Å². The van der Waals surface area contributed by atoms with Crippen molar-refractivity contribution in [2.45, 2.75) is 13.3 Å². The largest absolute Gasteiger partial charge is 0.495 e. The number of ether oxygens (including phenoxy) is 1. The number of nitrogens with zero attached hydrogens (tertiary/aromatic N) is 5. The van der Waals surface area contributed by atoms with Crippen LogP contribution in [0.1, 0.15) is 12.0 Å². The first-order valence-electron chi connectivity index (χ1n) is 10.2. The molecular formula is C22H28N6O. The normalized spacial score (nSPS) is 14.9. The Hall–Kier alpha value is -2.93. The number of benzene rings is 1. The van der Waals surface area contributed by atoms with Crippen molar-refractivity contribution in [1.29, 1.82) is 0 Å². The number of anilines is 2. The fourth-order valence-electron chi connectivity index (χ4n) is 3.74. The molecule has 3 heterocycles. The van der Waals surface area contributed by atoms with Crippen LogP contribution < -0.4 is 15.0 Å².